The van der Waals surface area contributed by atoms with Crippen LogP contribution in [0, 0.1) is 5.92 Å². The minimum Gasteiger partial charge on any atom is -0.344 e. The molecule has 4 heterocycles. The standard InChI is InChI=1S/C21H31ClN6O/c1-3-4-7-18-23-17(19(22)25-18)13-27-10-8-15-16(12-27)24-21(26-20(15)29)28-9-5-6-14(2)11-28/h14H,3-13H2,1-2H3,(H,23,25)(H,24,26,29)/t14-/m1/s1. The maximum Gasteiger partial charge on any atom is 0.255 e. The van der Waals surface area contributed by atoms with E-state index < -0.39 is 0 Å². The van der Waals surface area contributed by atoms with Gasteiger partial charge in [0.15, 0.2) is 5.15 Å². The van der Waals surface area contributed by atoms with Crippen molar-refractivity contribution in [3.8, 4) is 0 Å². The van der Waals surface area contributed by atoms with Gasteiger partial charge in [0.2, 0.25) is 5.95 Å². The quantitative estimate of drug-likeness (QED) is 0.752. The maximum atomic E-state index is 12.7. The van der Waals surface area contributed by atoms with Crippen molar-refractivity contribution in [3.63, 3.8) is 0 Å². The SMILES string of the molecule is CCCCc1nc(Cl)c(CN2CCc3c(nc(N4CCC[C@@H](C)C4)[nH]c3=O)C2)[nH]1. The van der Waals surface area contributed by atoms with E-state index in [0.29, 0.717) is 30.6 Å². The number of halogens is 1. The molecule has 158 valence electrons. The van der Waals surface area contributed by atoms with Crippen LogP contribution in [0.1, 0.15) is 62.3 Å². The van der Waals surface area contributed by atoms with Crippen molar-refractivity contribution in [2.75, 3.05) is 24.5 Å². The van der Waals surface area contributed by atoms with Gasteiger partial charge in [-0.2, -0.15) is 0 Å². The average Bonchev–Trinajstić information content (AvgIpc) is 3.05. The summed E-state index contributed by atoms with van der Waals surface area (Å²) in [6.07, 6.45) is 6.26. The molecule has 0 saturated carbocycles. The molecule has 29 heavy (non-hydrogen) atoms. The van der Waals surface area contributed by atoms with Crippen LogP contribution in [-0.2, 0) is 25.9 Å². The lowest BCUT2D eigenvalue weighted by Gasteiger charge is -2.33. The van der Waals surface area contributed by atoms with Crippen LogP contribution in [0.3, 0.4) is 0 Å². The first kappa shape index (κ1) is 20.4. The predicted octanol–water partition coefficient (Wildman–Crippen LogP) is 3.28. The Labute approximate surface area is 176 Å². The lowest BCUT2D eigenvalue weighted by Crippen LogP contribution is -2.39. The lowest BCUT2D eigenvalue weighted by atomic mass is 10.0. The van der Waals surface area contributed by atoms with Crippen molar-refractivity contribution in [2.24, 2.45) is 5.92 Å². The second kappa shape index (κ2) is 8.88. The molecule has 0 spiro atoms. The van der Waals surface area contributed by atoms with E-state index in [1.54, 1.807) is 0 Å². The number of anilines is 1. The number of unbranched alkanes of at least 4 members (excludes halogenated alkanes) is 1. The van der Waals surface area contributed by atoms with E-state index in [4.69, 9.17) is 16.6 Å². The highest BCUT2D eigenvalue weighted by atomic mass is 35.5. The fourth-order valence-electron chi connectivity index (χ4n) is 4.38. The van der Waals surface area contributed by atoms with Gasteiger partial charge in [0.25, 0.3) is 5.56 Å². The first-order valence-electron chi connectivity index (χ1n) is 10.9. The molecule has 2 aliphatic rings. The third-order valence-electron chi connectivity index (χ3n) is 6.02. The molecule has 2 aromatic rings. The van der Waals surface area contributed by atoms with Crippen molar-refractivity contribution in [1.82, 2.24) is 24.8 Å². The second-order valence-corrected chi connectivity index (χ2v) is 8.88. The highest BCUT2D eigenvalue weighted by Gasteiger charge is 2.25. The number of piperidine rings is 1. The summed E-state index contributed by atoms with van der Waals surface area (Å²) < 4.78 is 0. The summed E-state index contributed by atoms with van der Waals surface area (Å²) in [5.74, 6) is 2.31. The number of aromatic nitrogens is 4. The summed E-state index contributed by atoms with van der Waals surface area (Å²) in [6.45, 7) is 8.52. The fourth-order valence-corrected chi connectivity index (χ4v) is 4.59. The van der Waals surface area contributed by atoms with Gasteiger partial charge in [-0.15, -0.1) is 0 Å². The van der Waals surface area contributed by atoms with Gasteiger partial charge in [-0.05, 0) is 31.6 Å². The summed E-state index contributed by atoms with van der Waals surface area (Å²) in [5.41, 5.74) is 2.70. The van der Waals surface area contributed by atoms with Crippen LogP contribution in [0.2, 0.25) is 5.15 Å². The van der Waals surface area contributed by atoms with Crippen molar-refractivity contribution in [2.45, 2.75) is 65.5 Å². The monoisotopic (exact) mass is 418 g/mol. The average molecular weight is 419 g/mol. The molecule has 0 radical (unpaired) electrons. The molecule has 0 unspecified atom stereocenters. The highest BCUT2D eigenvalue weighted by Crippen LogP contribution is 2.23. The highest BCUT2D eigenvalue weighted by molar-refractivity contribution is 6.30. The van der Waals surface area contributed by atoms with Gasteiger partial charge >= 0.3 is 0 Å². The van der Waals surface area contributed by atoms with Crippen molar-refractivity contribution < 1.29 is 0 Å². The minimum absolute atomic E-state index is 0.0179. The lowest BCUT2D eigenvalue weighted by molar-refractivity contribution is 0.238. The van der Waals surface area contributed by atoms with E-state index >= 15 is 0 Å². The molecule has 2 aromatic heterocycles. The van der Waals surface area contributed by atoms with Crippen LogP contribution in [-0.4, -0.2) is 44.5 Å². The zero-order chi connectivity index (χ0) is 20.4. The summed E-state index contributed by atoms with van der Waals surface area (Å²) in [4.78, 5) is 32.9. The Morgan fingerprint density at radius 1 is 1.24 bits per heavy atom. The molecule has 0 aliphatic carbocycles. The molecule has 0 bridgehead atoms. The van der Waals surface area contributed by atoms with Crippen LogP contribution < -0.4 is 10.5 Å². The molecule has 1 saturated heterocycles. The fraction of sp³-hybridized carbons (Fsp3) is 0.667. The number of aromatic amines is 2. The summed E-state index contributed by atoms with van der Waals surface area (Å²) in [7, 11) is 0. The number of aryl methyl sites for hydroxylation is 1. The van der Waals surface area contributed by atoms with Crippen molar-refractivity contribution in [3.05, 3.63) is 38.3 Å². The first-order chi connectivity index (χ1) is 14.0. The van der Waals surface area contributed by atoms with Gasteiger partial charge in [0.1, 0.15) is 5.82 Å². The maximum absolute atomic E-state index is 12.7. The van der Waals surface area contributed by atoms with E-state index in [0.717, 1.165) is 74.0 Å². The van der Waals surface area contributed by atoms with Crippen LogP contribution in [0.4, 0.5) is 5.95 Å². The molecule has 1 atom stereocenters. The van der Waals surface area contributed by atoms with Gasteiger partial charge < -0.3 is 9.88 Å². The Morgan fingerprint density at radius 3 is 2.90 bits per heavy atom. The smallest absolute Gasteiger partial charge is 0.255 e. The van der Waals surface area contributed by atoms with Gasteiger partial charge in [-0.25, -0.2) is 9.97 Å². The van der Waals surface area contributed by atoms with Gasteiger partial charge in [-0.3, -0.25) is 14.7 Å². The zero-order valence-corrected chi connectivity index (χ0v) is 18.2. The molecule has 8 heteroatoms. The number of nitrogens with one attached hydrogen (secondary N) is 2. The molecular formula is C21H31ClN6O. The Hall–Kier alpha value is -1.86. The summed E-state index contributed by atoms with van der Waals surface area (Å²) in [6, 6.07) is 0. The Morgan fingerprint density at radius 2 is 2.10 bits per heavy atom. The normalized spacial score (nSPS) is 20.1. The number of rotatable bonds is 6. The Balaban J connectivity index is 1.49. The van der Waals surface area contributed by atoms with E-state index in [2.05, 4.69) is 38.6 Å². The number of imidazole rings is 1. The van der Waals surface area contributed by atoms with Crippen molar-refractivity contribution >= 4 is 17.5 Å². The molecular weight excluding hydrogens is 388 g/mol. The number of hydrogen-bond acceptors (Lipinski definition) is 5. The molecule has 0 aromatic carbocycles. The van der Waals surface area contributed by atoms with Gasteiger partial charge in [-0.1, -0.05) is 31.9 Å². The van der Waals surface area contributed by atoms with Crippen LogP contribution >= 0.6 is 11.6 Å². The number of fused-ring (bicyclic) bond motifs is 1. The minimum atomic E-state index is 0.0179. The van der Waals surface area contributed by atoms with E-state index in [1.165, 1.54) is 6.42 Å². The molecule has 4 rings (SSSR count). The van der Waals surface area contributed by atoms with Gasteiger partial charge in [0, 0.05) is 44.7 Å². The van der Waals surface area contributed by atoms with Crippen LogP contribution in [0.15, 0.2) is 4.79 Å². The summed E-state index contributed by atoms with van der Waals surface area (Å²) in [5, 5.41) is 0.559. The van der Waals surface area contributed by atoms with Crippen LogP contribution in [0.25, 0.3) is 0 Å². The predicted molar refractivity (Wildman–Crippen MR) is 115 cm³/mol. The van der Waals surface area contributed by atoms with Gasteiger partial charge in [0.05, 0.1) is 11.4 Å². The zero-order valence-electron chi connectivity index (χ0n) is 17.4. The third-order valence-corrected chi connectivity index (χ3v) is 6.34. The van der Waals surface area contributed by atoms with Crippen molar-refractivity contribution in [1.29, 1.82) is 0 Å². The largest absolute Gasteiger partial charge is 0.344 e. The Bertz CT molecular complexity index is 907. The second-order valence-electron chi connectivity index (χ2n) is 8.53. The Kier molecular flexibility index (Phi) is 6.25. The van der Waals surface area contributed by atoms with Crippen LogP contribution in [0.5, 0.6) is 0 Å². The molecule has 7 nitrogen and oxygen atoms in total. The molecule has 0 amide bonds. The molecule has 2 aliphatic heterocycles. The molecule has 2 N–H and O–H groups in total. The summed E-state index contributed by atoms with van der Waals surface area (Å²) >= 11 is 6.36. The van der Waals surface area contributed by atoms with E-state index in [9.17, 15) is 4.79 Å². The van der Waals surface area contributed by atoms with E-state index in [1.807, 2.05) is 0 Å². The number of nitrogens with zero attached hydrogens (tertiary/aromatic N) is 4. The third kappa shape index (κ3) is 4.67. The topological polar surface area (TPSA) is 80.9 Å². The number of H-pyrrole nitrogens is 2. The number of hydrogen-bond donors (Lipinski definition) is 2. The van der Waals surface area contributed by atoms with E-state index in [-0.39, 0.29) is 5.56 Å². The molecule has 1 fully saturated rings. The first-order valence-corrected chi connectivity index (χ1v) is 11.2.